The molecule has 4 rings (SSSR count). The maximum atomic E-state index is 4.35. The Labute approximate surface area is 130 Å². The van der Waals surface area contributed by atoms with Crippen LogP contribution in [0.4, 0.5) is 5.82 Å². The van der Waals surface area contributed by atoms with Gasteiger partial charge in [-0.05, 0) is 37.3 Å². The van der Waals surface area contributed by atoms with Gasteiger partial charge in [0.25, 0.3) is 0 Å². The molecule has 0 saturated carbocycles. The lowest BCUT2D eigenvalue weighted by molar-refractivity contribution is 0.311. The number of hydrogen-bond acceptors (Lipinski definition) is 5. The molecule has 2 aromatic rings. The molecule has 2 aromatic heterocycles. The van der Waals surface area contributed by atoms with Crippen molar-refractivity contribution in [3.8, 4) is 0 Å². The molecule has 2 saturated heterocycles. The predicted octanol–water partition coefficient (Wildman–Crippen LogP) is 1.47. The first-order valence-electron chi connectivity index (χ1n) is 8.03. The van der Waals surface area contributed by atoms with Gasteiger partial charge < -0.3 is 9.88 Å². The number of aryl methyl sites for hydroxylation is 1. The van der Waals surface area contributed by atoms with E-state index < -0.39 is 0 Å². The highest BCUT2D eigenvalue weighted by atomic mass is 15.3. The number of fused-ring (bicyclic) bond motifs is 1. The first kappa shape index (κ1) is 13.7. The van der Waals surface area contributed by atoms with Gasteiger partial charge in [0.15, 0.2) is 5.82 Å². The van der Waals surface area contributed by atoms with E-state index >= 15 is 0 Å². The predicted molar refractivity (Wildman–Crippen MR) is 84.4 cm³/mol. The van der Waals surface area contributed by atoms with Gasteiger partial charge in [0.2, 0.25) is 0 Å². The third-order valence-electron chi connectivity index (χ3n) is 4.93. The van der Waals surface area contributed by atoms with Gasteiger partial charge in [-0.3, -0.25) is 4.90 Å². The molecule has 0 unspecified atom stereocenters. The van der Waals surface area contributed by atoms with Crippen molar-refractivity contribution >= 4 is 5.82 Å². The quantitative estimate of drug-likeness (QED) is 0.930. The van der Waals surface area contributed by atoms with Crippen molar-refractivity contribution in [3.05, 3.63) is 36.0 Å². The van der Waals surface area contributed by atoms with Crippen LogP contribution in [-0.2, 0) is 6.54 Å². The van der Waals surface area contributed by atoms with E-state index in [1.54, 1.807) is 6.33 Å². The molecule has 2 aliphatic heterocycles. The Morgan fingerprint density at radius 1 is 1.18 bits per heavy atom. The summed E-state index contributed by atoms with van der Waals surface area (Å²) in [5, 5.41) is 8.54. The smallest absolute Gasteiger partial charge is 0.151 e. The van der Waals surface area contributed by atoms with Gasteiger partial charge in [-0.1, -0.05) is 0 Å². The highest BCUT2D eigenvalue weighted by Crippen LogP contribution is 2.33. The van der Waals surface area contributed by atoms with Gasteiger partial charge in [0.1, 0.15) is 0 Å². The summed E-state index contributed by atoms with van der Waals surface area (Å²) in [4.78, 5) is 12.3. The Balaban J connectivity index is 1.40. The van der Waals surface area contributed by atoms with E-state index in [0.29, 0.717) is 0 Å². The fraction of sp³-hybridized carbons (Fsp3) is 0.562. The minimum Gasteiger partial charge on any atom is -0.355 e. The largest absolute Gasteiger partial charge is 0.355 e. The van der Waals surface area contributed by atoms with Crippen molar-refractivity contribution in [3.63, 3.8) is 0 Å². The Kier molecular flexibility index (Phi) is 3.54. The van der Waals surface area contributed by atoms with E-state index in [0.717, 1.165) is 43.0 Å². The van der Waals surface area contributed by atoms with E-state index in [4.69, 9.17) is 0 Å². The lowest BCUT2D eigenvalue weighted by Gasteiger charge is -2.34. The van der Waals surface area contributed by atoms with Crippen LogP contribution in [0.15, 0.2) is 24.7 Å². The van der Waals surface area contributed by atoms with Gasteiger partial charge in [-0.15, -0.1) is 5.10 Å². The molecule has 0 aromatic carbocycles. The van der Waals surface area contributed by atoms with Crippen LogP contribution in [0.3, 0.4) is 0 Å². The zero-order valence-electron chi connectivity index (χ0n) is 12.9. The summed E-state index contributed by atoms with van der Waals surface area (Å²) in [6.45, 7) is 7.53. The van der Waals surface area contributed by atoms with E-state index in [1.165, 1.54) is 25.2 Å². The maximum absolute atomic E-state index is 4.35. The molecule has 22 heavy (non-hydrogen) atoms. The lowest BCUT2D eigenvalue weighted by Crippen LogP contribution is -2.40. The first-order valence-corrected chi connectivity index (χ1v) is 8.03. The van der Waals surface area contributed by atoms with Gasteiger partial charge in [0.05, 0.1) is 12.0 Å². The number of anilines is 1. The number of rotatable bonds is 3. The molecule has 2 aliphatic rings. The van der Waals surface area contributed by atoms with Crippen molar-refractivity contribution in [2.24, 2.45) is 11.8 Å². The molecular formula is C16H22N6. The third kappa shape index (κ3) is 2.70. The molecule has 0 spiro atoms. The number of aromatic nitrogens is 4. The standard InChI is InChI=1S/C16H22N6/c1-12-2-3-16(20-19-12)22-5-4-13-7-21(8-14(13)9-22)10-15-6-17-11-18-15/h2-3,6,11,13-14H,4-5,7-10H2,1H3,(H,17,18)/t13-,14-/m0/s1. The normalized spacial score (nSPS) is 25.4. The summed E-state index contributed by atoms with van der Waals surface area (Å²) in [6.07, 6.45) is 4.94. The number of imidazole rings is 1. The van der Waals surface area contributed by atoms with Gasteiger partial charge in [-0.25, -0.2) is 4.98 Å². The van der Waals surface area contributed by atoms with Crippen LogP contribution < -0.4 is 4.90 Å². The maximum Gasteiger partial charge on any atom is 0.151 e. The minimum atomic E-state index is 0.736. The first-order chi connectivity index (χ1) is 10.8. The van der Waals surface area contributed by atoms with Gasteiger partial charge in [-0.2, -0.15) is 5.10 Å². The van der Waals surface area contributed by atoms with Crippen molar-refractivity contribution in [2.45, 2.75) is 19.9 Å². The summed E-state index contributed by atoms with van der Waals surface area (Å²) >= 11 is 0. The zero-order chi connectivity index (χ0) is 14.9. The third-order valence-corrected chi connectivity index (χ3v) is 4.93. The van der Waals surface area contributed by atoms with Crippen LogP contribution in [0.5, 0.6) is 0 Å². The monoisotopic (exact) mass is 298 g/mol. The Hall–Kier alpha value is -1.95. The second-order valence-electron chi connectivity index (χ2n) is 6.56. The number of piperidine rings is 1. The molecule has 2 fully saturated rings. The number of hydrogen-bond donors (Lipinski definition) is 1. The molecule has 2 atom stereocenters. The average Bonchev–Trinajstić information content (AvgIpc) is 3.16. The zero-order valence-corrected chi connectivity index (χ0v) is 12.9. The summed E-state index contributed by atoms with van der Waals surface area (Å²) in [7, 11) is 0. The lowest BCUT2D eigenvalue weighted by atomic mass is 9.89. The van der Waals surface area contributed by atoms with Crippen molar-refractivity contribution in [1.82, 2.24) is 25.1 Å². The molecule has 0 amide bonds. The summed E-state index contributed by atoms with van der Waals surface area (Å²) in [5.74, 6) is 2.58. The second-order valence-corrected chi connectivity index (χ2v) is 6.56. The van der Waals surface area contributed by atoms with Crippen LogP contribution in [0, 0.1) is 18.8 Å². The van der Waals surface area contributed by atoms with Crippen LogP contribution >= 0.6 is 0 Å². The minimum absolute atomic E-state index is 0.736. The average molecular weight is 298 g/mol. The van der Waals surface area contributed by atoms with E-state index in [2.05, 4.69) is 36.0 Å². The Bertz CT molecular complexity index is 608. The number of nitrogens with zero attached hydrogens (tertiary/aromatic N) is 5. The molecule has 1 N–H and O–H groups in total. The molecule has 0 aliphatic carbocycles. The van der Waals surface area contributed by atoms with Gasteiger partial charge >= 0.3 is 0 Å². The summed E-state index contributed by atoms with van der Waals surface area (Å²) < 4.78 is 0. The number of aromatic amines is 1. The number of nitrogens with one attached hydrogen (secondary N) is 1. The topological polar surface area (TPSA) is 60.9 Å². The molecule has 6 nitrogen and oxygen atoms in total. The van der Waals surface area contributed by atoms with E-state index in [-0.39, 0.29) is 0 Å². The summed E-state index contributed by atoms with van der Waals surface area (Å²) in [6, 6.07) is 4.15. The molecular weight excluding hydrogens is 276 g/mol. The van der Waals surface area contributed by atoms with Crippen molar-refractivity contribution < 1.29 is 0 Å². The van der Waals surface area contributed by atoms with E-state index in [1.807, 2.05) is 19.2 Å². The molecule has 6 heteroatoms. The van der Waals surface area contributed by atoms with Crippen LogP contribution in [-0.4, -0.2) is 51.2 Å². The molecule has 116 valence electrons. The second kappa shape index (κ2) is 5.68. The van der Waals surface area contributed by atoms with Crippen LogP contribution in [0.1, 0.15) is 17.8 Å². The Morgan fingerprint density at radius 2 is 2.09 bits per heavy atom. The highest BCUT2D eigenvalue weighted by Gasteiger charge is 2.37. The SMILES string of the molecule is Cc1ccc(N2CC[C@H]3CN(Cc4cnc[nH]4)C[C@H]3C2)nn1. The number of H-pyrrole nitrogens is 1. The number of likely N-dealkylation sites (tertiary alicyclic amines) is 1. The van der Waals surface area contributed by atoms with Crippen molar-refractivity contribution in [2.75, 3.05) is 31.1 Å². The van der Waals surface area contributed by atoms with Crippen LogP contribution in [0.2, 0.25) is 0 Å². The van der Waals surface area contributed by atoms with Gasteiger partial charge in [0, 0.05) is 44.6 Å². The van der Waals surface area contributed by atoms with Crippen molar-refractivity contribution in [1.29, 1.82) is 0 Å². The highest BCUT2D eigenvalue weighted by molar-refractivity contribution is 5.38. The fourth-order valence-corrected chi connectivity index (χ4v) is 3.78. The van der Waals surface area contributed by atoms with Crippen LogP contribution in [0.25, 0.3) is 0 Å². The Morgan fingerprint density at radius 3 is 2.86 bits per heavy atom. The molecule has 0 bridgehead atoms. The summed E-state index contributed by atoms with van der Waals surface area (Å²) in [5.41, 5.74) is 2.19. The molecule has 4 heterocycles. The molecule has 0 radical (unpaired) electrons. The van der Waals surface area contributed by atoms with E-state index in [9.17, 15) is 0 Å². The fourth-order valence-electron chi connectivity index (χ4n) is 3.78.